The van der Waals surface area contributed by atoms with Crippen LogP contribution in [0.3, 0.4) is 0 Å². The van der Waals surface area contributed by atoms with Gasteiger partial charge >= 0.3 is 0 Å². The molecule has 1 aromatic rings. The minimum atomic E-state index is -0.469. The summed E-state index contributed by atoms with van der Waals surface area (Å²) >= 11 is 0. The fourth-order valence-electron chi connectivity index (χ4n) is 2.95. The van der Waals surface area contributed by atoms with Crippen LogP contribution in [-0.2, 0) is 16.1 Å². The molecule has 2 rings (SSSR count). The lowest BCUT2D eigenvalue weighted by Gasteiger charge is -2.34. The van der Waals surface area contributed by atoms with Gasteiger partial charge in [0.15, 0.2) is 11.5 Å². The highest BCUT2D eigenvalue weighted by molar-refractivity contribution is 5.88. The maximum absolute atomic E-state index is 12.3. The van der Waals surface area contributed by atoms with Crippen LogP contribution in [-0.4, -0.2) is 56.6 Å². The third-order valence-electron chi connectivity index (χ3n) is 4.36. The Bertz CT molecular complexity index is 633. The number of rotatable bonds is 8. The molecule has 0 unspecified atom stereocenters. The van der Waals surface area contributed by atoms with E-state index < -0.39 is 6.04 Å². The van der Waals surface area contributed by atoms with E-state index in [0.717, 1.165) is 5.56 Å². The molecule has 2 amide bonds. The predicted molar refractivity (Wildman–Crippen MR) is 99.2 cm³/mol. The topological polar surface area (TPSA) is 79.9 Å². The lowest BCUT2D eigenvalue weighted by Crippen LogP contribution is -2.56. The van der Waals surface area contributed by atoms with Gasteiger partial charge in [0.1, 0.15) is 0 Å². The number of amides is 2. The number of methoxy groups -OCH3 is 2. The number of nitrogens with one attached hydrogen (secondary N) is 2. The Morgan fingerprint density at radius 3 is 2.69 bits per heavy atom. The van der Waals surface area contributed by atoms with E-state index in [9.17, 15) is 9.59 Å². The fourth-order valence-corrected chi connectivity index (χ4v) is 2.95. The molecule has 0 bridgehead atoms. The first-order chi connectivity index (χ1) is 12.4. The first-order valence-corrected chi connectivity index (χ1v) is 8.94. The van der Waals surface area contributed by atoms with Crippen molar-refractivity contribution in [3.8, 4) is 11.5 Å². The van der Waals surface area contributed by atoms with Crippen LogP contribution in [0.15, 0.2) is 18.2 Å². The average molecular weight is 363 g/mol. The van der Waals surface area contributed by atoms with Crippen LogP contribution in [0, 0.1) is 5.92 Å². The van der Waals surface area contributed by atoms with Crippen LogP contribution in [0.5, 0.6) is 11.5 Å². The predicted octanol–water partition coefficient (Wildman–Crippen LogP) is 1.17. The first kappa shape index (κ1) is 20.0. The van der Waals surface area contributed by atoms with E-state index in [-0.39, 0.29) is 18.2 Å². The van der Waals surface area contributed by atoms with Gasteiger partial charge in [-0.15, -0.1) is 0 Å². The number of carbonyl (C=O) groups is 2. The Balaban J connectivity index is 2.07. The Morgan fingerprint density at radius 1 is 1.31 bits per heavy atom. The molecule has 1 saturated heterocycles. The maximum Gasteiger partial charge on any atom is 0.237 e. The van der Waals surface area contributed by atoms with Gasteiger partial charge in [-0.05, 0) is 23.6 Å². The Kier molecular flexibility index (Phi) is 7.26. The monoisotopic (exact) mass is 363 g/mol. The molecule has 1 aliphatic rings. The minimum absolute atomic E-state index is 0.0990. The number of ether oxygens (including phenoxy) is 2. The van der Waals surface area contributed by atoms with Crippen LogP contribution >= 0.6 is 0 Å². The van der Waals surface area contributed by atoms with E-state index in [1.807, 2.05) is 36.9 Å². The summed E-state index contributed by atoms with van der Waals surface area (Å²) < 4.78 is 10.6. The van der Waals surface area contributed by atoms with Gasteiger partial charge in [0, 0.05) is 26.2 Å². The van der Waals surface area contributed by atoms with Crippen molar-refractivity contribution in [2.75, 3.05) is 33.9 Å². The molecule has 26 heavy (non-hydrogen) atoms. The van der Waals surface area contributed by atoms with E-state index in [0.29, 0.717) is 43.6 Å². The van der Waals surface area contributed by atoms with Gasteiger partial charge in [-0.25, -0.2) is 0 Å². The van der Waals surface area contributed by atoms with Crippen molar-refractivity contribution in [3.63, 3.8) is 0 Å². The highest BCUT2D eigenvalue weighted by Crippen LogP contribution is 2.28. The summed E-state index contributed by atoms with van der Waals surface area (Å²) in [4.78, 5) is 26.5. The average Bonchev–Trinajstić information content (AvgIpc) is 2.62. The highest BCUT2D eigenvalue weighted by Gasteiger charge is 2.31. The lowest BCUT2D eigenvalue weighted by molar-refractivity contribution is -0.134. The zero-order valence-electron chi connectivity index (χ0n) is 16.0. The zero-order valence-corrected chi connectivity index (χ0v) is 16.0. The SMILES string of the molecule is COc1ccc(CN2CCNC(=O)[C@@H]2CC(=O)NCC(C)C)cc1OC. The van der Waals surface area contributed by atoms with E-state index in [4.69, 9.17) is 9.47 Å². The molecule has 0 spiro atoms. The minimum Gasteiger partial charge on any atom is -0.493 e. The van der Waals surface area contributed by atoms with Crippen LogP contribution in [0.1, 0.15) is 25.8 Å². The van der Waals surface area contributed by atoms with Gasteiger partial charge in [0.05, 0.1) is 26.7 Å². The number of hydrogen-bond acceptors (Lipinski definition) is 5. The van der Waals surface area contributed by atoms with Crippen LogP contribution in [0.4, 0.5) is 0 Å². The second-order valence-corrected chi connectivity index (χ2v) is 6.87. The van der Waals surface area contributed by atoms with Crippen molar-refractivity contribution in [2.24, 2.45) is 5.92 Å². The van der Waals surface area contributed by atoms with Crippen molar-refractivity contribution in [2.45, 2.75) is 32.9 Å². The maximum atomic E-state index is 12.3. The third-order valence-corrected chi connectivity index (χ3v) is 4.36. The molecule has 0 saturated carbocycles. The second-order valence-electron chi connectivity index (χ2n) is 6.87. The number of nitrogens with zero attached hydrogens (tertiary/aromatic N) is 1. The van der Waals surface area contributed by atoms with Gasteiger partial charge in [0.2, 0.25) is 11.8 Å². The third kappa shape index (κ3) is 5.36. The summed E-state index contributed by atoms with van der Waals surface area (Å²) in [5, 5.41) is 5.74. The summed E-state index contributed by atoms with van der Waals surface area (Å²) in [6.07, 6.45) is 0.159. The standard InChI is InChI=1S/C19H29N3O4/c1-13(2)11-21-18(23)10-15-19(24)20-7-8-22(15)12-14-5-6-16(25-3)17(9-14)26-4/h5-6,9,13,15H,7-8,10-12H2,1-4H3,(H,20,24)(H,21,23)/t15-/m0/s1. The largest absolute Gasteiger partial charge is 0.493 e. The van der Waals surface area contributed by atoms with Crippen LogP contribution < -0.4 is 20.1 Å². The second kappa shape index (κ2) is 9.43. The van der Waals surface area contributed by atoms with Gasteiger partial charge in [0.25, 0.3) is 0 Å². The Hall–Kier alpha value is -2.28. The van der Waals surface area contributed by atoms with Crippen molar-refractivity contribution >= 4 is 11.8 Å². The molecule has 1 atom stereocenters. The zero-order chi connectivity index (χ0) is 19.1. The molecule has 1 fully saturated rings. The summed E-state index contributed by atoms with van der Waals surface area (Å²) in [6.45, 7) is 6.53. The lowest BCUT2D eigenvalue weighted by atomic mass is 10.1. The molecule has 1 aromatic carbocycles. The fraction of sp³-hybridized carbons (Fsp3) is 0.579. The van der Waals surface area contributed by atoms with E-state index in [2.05, 4.69) is 10.6 Å². The highest BCUT2D eigenvalue weighted by atomic mass is 16.5. The molecule has 1 heterocycles. The van der Waals surface area contributed by atoms with Gasteiger partial charge < -0.3 is 20.1 Å². The number of hydrogen-bond donors (Lipinski definition) is 2. The molecule has 0 aromatic heterocycles. The van der Waals surface area contributed by atoms with Gasteiger partial charge in [-0.3, -0.25) is 14.5 Å². The van der Waals surface area contributed by atoms with Gasteiger partial charge in [-0.1, -0.05) is 19.9 Å². The van der Waals surface area contributed by atoms with E-state index in [1.165, 1.54) is 0 Å². The normalized spacial score (nSPS) is 17.7. The summed E-state index contributed by atoms with van der Waals surface area (Å²) in [5.41, 5.74) is 1.00. The van der Waals surface area contributed by atoms with Crippen molar-refractivity contribution in [1.29, 1.82) is 0 Å². The molecule has 144 valence electrons. The molecule has 0 radical (unpaired) electrons. The van der Waals surface area contributed by atoms with E-state index >= 15 is 0 Å². The van der Waals surface area contributed by atoms with Crippen molar-refractivity contribution in [3.05, 3.63) is 23.8 Å². The molecule has 2 N–H and O–H groups in total. The van der Waals surface area contributed by atoms with E-state index in [1.54, 1.807) is 14.2 Å². The van der Waals surface area contributed by atoms with Gasteiger partial charge in [-0.2, -0.15) is 0 Å². The van der Waals surface area contributed by atoms with Crippen molar-refractivity contribution in [1.82, 2.24) is 15.5 Å². The Morgan fingerprint density at radius 2 is 2.04 bits per heavy atom. The molecule has 0 aliphatic carbocycles. The quantitative estimate of drug-likeness (QED) is 0.725. The molecule has 7 nitrogen and oxygen atoms in total. The molecular weight excluding hydrogens is 334 g/mol. The van der Waals surface area contributed by atoms with Crippen LogP contribution in [0.2, 0.25) is 0 Å². The first-order valence-electron chi connectivity index (χ1n) is 8.94. The molecule has 7 heteroatoms. The summed E-state index contributed by atoms with van der Waals surface area (Å²) in [5.74, 6) is 1.49. The Labute approximate surface area is 155 Å². The van der Waals surface area contributed by atoms with Crippen molar-refractivity contribution < 1.29 is 19.1 Å². The summed E-state index contributed by atoms with van der Waals surface area (Å²) in [6, 6.07) is 5.23. The molecule has 1 aliphatic heterocycles. The summed E-state index contributed by atoms with van der Waals surface area (Å²) in [7, 11) is 3.19. The number of benzene rings is 1. The molecular formula is C19H29N3O4. The van der Waals surface area contributed by atoms with Crippen LogP contribution in [0.25, 0.3) is 0 Å². The number of piperazine rings is 1. The number of carbonyl (C=O) groups excluding carboxylic acids is 2. The smallest absolute Gasteiger partial charge is 0.237 e.